The van der Waals surface area contributed by atoms with Gasteiger partial charge >= 0.3 is 0 Å². The van der Waals surface area contributed by atoms with Gasteiger partial charge in [0.25, 0.3) is 0 Å². The fourth-order valence-corrected chi connectivity index (χ4v) is 3.09. The summed E-state index contributed by atoms with van der Waals surface area (Å²) in [6, 6.07) is 8.39. The molecule has 1 aliphatic carbocycles. The first-order valence-corrected chi connectivity index (χ1v) is 7.90. The molecule has 0 heterocycles. The Morgan fingerprint density at radius 3 is 2.80 bits per heavy atom. The third-order valence-corrected chi connectivity index (χ3v) is 4.33. The highest BCUT2D eigenvalue weighted by atomic mass is 14.7. The van der Waals surface area contributed by atoms with Crippen molar-refractivity contribution in [3.8, 4) is 0 Å². The largest absolute Gasteiger partial charge is 0.261 e. The number of hydrogen-bond donors (Lipinski definition) is 0. The Kier molecular flexibility index (Phi) is 5.58. The van der Waals surface area contributed by atoms with Crippen molar-refractivity contribution in [2.45, 2.75) is 52.9 Å². The van der Waals surface area contributed by atoms with Gasteiger partial charge in [0.05, 0.1) is 5.69 Å². The molecule has 20 heavy (non-hydrogen) atoms. The van der Waals surface area contributed by atoms with Gasteiger partial charge in [-0.25, -0.2) is 0 Å². The molecule has 2 rings (SSSR count). The fraction of sp³-hybridized carbons (Fsp3) is 0.526. The van der Waals surface area contributed by atoms with Crippen LogP contribution in [0.5, 0.6) is 0 Å². The summed E-state index contributed by atoms with van der Waals surface area (Å²) < 4.78 is 0. The van der Waals surface area contributed by atoms with Gasteiger partial charge in [0.2, 0.25) is 0 Å². The van der Waals surface area contributed by atoms with Crippen LogP contribution in [0.25, 0.3) is 0 Å². The van der Waals surface area contributed by atoms with Crippen molar-refractivity contribution in [3.05, 3.63) is 41.5 Å². The van der Waals surface area contributed by atoms with E-state index >= 15 is 0 Å². The van der Waals surface area contributed by atoms with E-state index in [9.17, 15) is 0 Å². The van der Waals surface area contributed by atoms with Gasteiger partial charge < -0.3 is 0 Å². The third-order valence-electron chi connectivity index (χ3n) is 4.33. The molecule has 2 atom stereocenters. The molecular weight excluding hydrogens is 242 g/mol. The minimum Gasteiger partial charge on any atom is -0.261 e. The van der Waals surface area contributed by atoms with Crippen molar-refractivity contribution in [2.75, 3.05) is 0 Å². The molecule has 1 aromatic rings. The number of nitrogens with zero attached hydrogens (tertiary/aromatic N) is 1. The maximum atomic E-state index is 4.74. The van der Waals surface area contributed by atoms with Crippen LogP contribution in [0.15, 0.2) is 40.9 Å². The lowest BCUT2D eigenvalue weighted by Crippen LogP contribution is -2.08. The van der Waals surface area contributed by atoms with E-state index in [0.717, 1.165) is 11.6 Å². The number of aliphatic imine (C=N–C) groups is 1. The van der Waals surface area contributed by atoms with Gasteiger partial charge in [-0.3, -0.25) is 4.99 Å². The van der Waals surface area contributed by atoms with E-state index in [1.165, 1.54) is 43.2 Å². The molecule has 0 aliphatic heterocycles. The zero-order valence-corrected chi connectivity index (χ0v) is 13.1. The molecule has 0 amide bonds. The van der Waals surface area contributed by atoms with Crippen LogP contribution in [0.3, 0.4) is 0 Å². The van der Waals surface area contributed by atoms with E-state index in [4.69, 9.17) is 4.99 Å². The minimum atomic E-state index is 0.681. The number of hydrogen-bond acceptors (Lipinski definition) is 1. The van der Waals surface area contributed by atoms with E-state index in [1.54, 1.807) is 0 Å². The van der Waals surface area contributed by atoms with E-state index in [0.29, 0.717) is 5.92 Å². The fourth-order valence-electron chi connectivity index (χ4n) is 3.09. The summed E-state index contributed by atoms with van der Waals surface area (Å²) in [7, 11) is 0. The molecule has 1 fully saturated rings. The summed E-state index contributed by atoms with van der Waals surface area (Å²) in [5, 5.41) is 0. The van der Waals surface area contributed by atoms with Crippen molar-refractivity contribution in [2.24, 2.45) is 16.8 Å². The van der Waals surface area contributed by atoms with Gasteiger partial charge in [0.1, 0.15) is 0 Å². The molecular formula is C19H27N. The standard InChI is InChI=1S/C19H27N/c1-15(2)8-6-10-17-11-7-12-18(17)14-20-19-13-5-4-9-16(19)3/h4-5,8-9,13-14,17-18H,6-7,10-12H2,1-3H3. The molecule has 1 heteroatoms. The lowest BCUT2D eigenvalue weighted by Gasteiger charge is -2.14. The Hall–Kier alpha value is -1.37. The molecule has 0 bridgehead atoms. The van der Waals surface area contributed by atoms with Gasteiger partial charge in [-0.1, -0.05) is 36.3 Å². The first-order chi connectivity index (χ1) is 9.66. The normalized spacial score (nSPS) is 22.4. The van der Waals surface area contributed by atoms with Crippen LogP contribution in [-0.2, 0) is 0 Å². The Labute approximate surface area is 123 Å². The second-order valence-electron chi connectivity index (χ2n) is 6.28. The van der Waals surface area contributed by atoms with E-state index in [2.05, 4.69) is 57.3 Å². The molecule has 1 aromatic carbocycles. The average Bonchev–Trinajstić information content (AvgIpc) is 2.85. The second-order valence-corrected chi connectivity index (χ2v) is 6.28. The van der Waals surface area contributed by atoms with E-state index < -0.39 is 0 Å². The maximum absolute atomic E-state index is 4.74. The van der Waals surface area contributed by atoms with Gasteiger partial charge in [-0.15, -0.1) is 0 Å². The predicted molar refractivity (Wildman–Crippen MR) is 88.8 cm³/mol. The van der Waals surface area contributed by atoms with Crippen LogP contribution in [0, 0.1) is 18.8 Å². The van der Waals surface area contributed by atoms with E-state index in [1.807, 2.05) is 0 Å². The number of para-hydroxylation sites is 1. The summed E-state index contributed by atoms with van der Waals surface area (Å²) in [5.41, 5.74) is 3.83. The first kappa shape index (κ1) is 15.0. The van der Waals surface area contributed by atoms with Crippen LogP contribution in [0.4, 0.5) is 5.69 Å². The highest BCUT2D eigenvalue weighted by Gasteiger charge is 2.24. The maximum Gasteiger partial charge on any atom is 0.0654 e. The Morgan fingerprint density at radius 1 is 1.25 bits per heavy atom. The average molecular weight is 269 g/mol. The molecule has 1 nitrogen and oxygen atoms in total. The van der Waals surface area contributed by atoms with E-state index in [-0.39, 0.29) is 0 Å². The summed E-state index contributed by atoms with van der Waals surface area (Å²) >= 11 is 0. The van der Waals surface area contributed by atoms with Crippen molar-refractivity contribution in [1.29, 1.82) is 0 Å². The number of allylic oxidation sites excluding steroid dienone is 2. The van der Waals surface area contributed by atoms with Gasteiger partial charge in [-0.05, 0) is 69.9 Å². The molecule has 0 spiro atoms. The zero-order chi connectivity index (χ0) is 14.4. The molecule has 0 radical (unpaired) electrons. The van der Waals surface area contributed by atoms with Crippen LogP contribution < -0.4 is 0 Å². The molecule has 0 aromatic heterocycles. The quantitative estimate of drug-likeness (QED) is 0.469. The van der Waals surface area contributed by atoms with Crippen LogP contribution in [0.2, 0.25) is 0 Å². The SMILES string of the molecule is CC(C)=CCCC1CCCC1C=Nc1ccccc1C. The summed E-state index contributed by atoms with van der Waals surface area (Å²) in [5.74, 6) is 1.51. The molecule has 0 N–H and O–H groups in total. The summed E-state index contributed by atoms with van der Waals surface area (Å²) in [6.45, 7) is 6.51. The smallest absolute Gasteiger partial charge is 0.0654 e. The Bertz CT molecular complexity index is 480. The molecule has 108 valence electrons. The Morgan fingerprint density at radius 2 is 2.05 bits per heavy atom. The monoisotopic (exact) mass is 269 g/mol. The van der Waals surface area contributed by atoms with Crippen molar-refractivity contribution < 1.29 is 0 Å². The van der Waals surface area contributed by atoms with Crippen LogP contribution in [0.1, 0.15) is 51.5 Å². The predicted octanol–water partition coefficient (Wildman–Crippen LogP) is 5.86. The second kappa shape index (κ2) is 7.42. The summed E-state index contributed by atoms with van der Waals surface area (Å²) in [6.07, 6.45) is 11.2. The van der Waals surface area contributed by atoms with Crippen molar-refractivity contribution in [3.63, 3.8) is 0 Å². The molecule has 2 unspecified atom stereocenters. The highest BCUT2D eigenvalue weighted by molar-refractivity contribution is 5.67. The topological polar surface area (TPSA) is 12.4 Å². The number of benzene rings is 1. The lowest BCUT2D eigenvalue weighted by molar-refractivity contribution is 0.454. The third kappa shape index (κ3) is 4.33. The zero-order valence-electron chi connectivity index (χ0n) is 13.1. The van der Waals surface area contributed by atoms with Crippen LogP contribution >= 0.6 is 0 Å². The highest BCUT2D eigenvalue weighted by Crippen LogP contribution is 2.34. The number of aryl methyl sites for hydroxylation is 1. The van der Waals surface area contributed by atoms with Gasteiger partial charge in [0.15, 0.2) is 0 Å². The summed E-state index contributed by atoms with van der Waals surface area (Å²) in [4.78, 5) is 4.74. The van der Waals surface area contributed by atoms with Crippen LogP contribution in [-0.4, -0.2) is 6.21 Å². The minimum absolute atomic E-state index is 0.681. The van der Waals surface area contributed by atoms with Crippen molar-refractivity contribution in [1.82, 2.24) is 0 Å². The number of rotatable bonds is 5. The van der Waals surface area contributed by atoms with Gasteiger partial charge in [0, 0.05) is 6.21 Å². The Balaban J connectivity index is 1.94. The molecule has 1 aliphatic rings. The van der Waals surface area contributed by atoms with Crippen molar-refractivity contribution >= 4 is 11.9 Å². The molecule has 1 saturated carbocycles. The lowest BCUT2D eigenvalue weighted by atomic mass is 9.92. The molecule has 0 saturated heterocycles. The first-order valence-electron chi connectivity index (χ1n) is 7.90. The van der Waals surface area contributed by atoms with Gasteiger partial charge in [-0.2, -0.15) is 0 Å².